The lowest BCUT2D eigenvalue weighted by Gasteiger charge is -2.10. The zero-order valence-electron chi connectivity index (χ0n) is 11.2. The normalized spacial score (nSPS) is 10.3. The molecule has 0 aliphatic heterocycles. The molecule has 0 aliphatic rings. The van der Waals surface area contributed by atoms with Crippen molar-refractivity contribution in [2.75, 3.05) is 20.8 Å². The van der Waals surface area contributed by atoms with Crippen LogP contribution in [0.2, 0.25) is 0 Å². The fourth-order valence-corrected chi connectivity index (χ4v) is 1.94. The molecule has 0 atom stereocenters. The molecule has 0 amide bonds. The number of carbonyl (C=O) groups excluding carboxylic acids is 1. The molecular weight excluding hydrogens is 244 g/mol. The smallest absolute Gasteiger partial charge is 0.338 e. The van der Waals surface area contributed by atoms with Crippen molar-refractivity contribution in [3.63, 3.8) is 0 Å². The highest BCUT2D eigenvalue weighted by Gasteiger charge is 2.10. The molecule has 0 saturated carbocycles. The van der Waals surface area contributed by atoms with E-state index in [4.69, 9.17) is 14.2 Å². The number of benzene rings is 2. The molecule has 0 fully saturated rings. The monoisotopic (exact) mass is 260 g/mol. The maximum absolute atomic E-state index is 11.7. The number of carbonyl (C=O) groups is 1. The first-order valence-corrected chi connectivity index (χ1v) is 6.02. The summed E-state index contributed by atoms with van der Waals surface area (Å²) in [6.45, 7) is 2.14. The second kappa shape index (κ2) is 5.61. The highest BCUT2D eigenvalue weighted by molar-refractivity contribution is 5.97. The van der Waals surface area contributed by atoms with E-state index in [2.05, 4.69) is 0 Å². The van der Waals surface area contributed by atoms with Crippen molar-refractivity contribution in [1.29, 1.82) is 0 Å². The van der Waals surface area contributed by atoms with E-state index in [0.29, 0.717) is 23.7 Å². The van der Waals surface area contributed by atoms with Gasteiger partial charge in [-0.1, -0.05) is 0 Å². The number of rotatable bonds is 4. The Balaban J connectivity index is 2.55. The molecule has 0 unspecified atom stereocenters. The predicted molar refractivity (Wildman–Crippen MR) is 73.0 cm³/mol. The van der Waals surface area contributed by atoms with E-state index in [1.165, 1.54) is 0 Å². The zero-order valence-corrected chi connectivity index (χ0v) is 11.2. The average molecular weight is 260 g/mol. The standard InChI is InChI=1S/C15H16O4/c1-4-19-15(16)10-5-6-13-11(7-10)8-12(17-2)9-14(13)18-3/h5-9H,4H2,1-3H3. The summed E-state index contributed by atoms with van der Waals surface area (Å²) in [5, 5.41) is 1.80. The number of hydrogen-bond donors (Lipinski definition) is 0. The summed E-state index contributed by atoms with van der Waals surface area (Å²) in [6, 6.07) is 9.03. The Kier molecular flexibility index (Phi) is 3.90. The van der Waals surface area contributed by atoms with Crippen LogP contribution >= 0.6 is 0 Å². The van der Waals surface area contributed by atoms with E-state index in [9.17, 15) is 4.79 Å². The van der Waals surface area contributed by atoms with Crippen LogP contribution in [0.3, 0.4) is 0 Å². The molecule has 2 aromatic rings. The molecule has 4 nitrogen and oxygen atoms in total. The Hall–Kier alpha value is -2.23. The second-order valence-corrected chi connectivity index (χ2v) is 3.99. The first-order valence-electron chi connectivity index (χ1n) is 6.02. The van der Waals surface area contributed by atoms with Crippen LogP contribution in [0.15, 0.2) is 30.3 Å². The molecule has 100 valence electrons. The van der Waals surface area contributed by atoms with Crippen LogP contribution < -0.4 is 9.47 Å². The highest BCUT2D eigenvalue weighted by atomic mass is 16.5. The summed E-state index contributed by atoms with van der Waals surface area (Å²) in [5.74, 6) is 1.07. The van der Waals surface area contributed by atoms with Gasteiger partial charge in [-0.25, -0.2) is 4.79 Å². The molecular formula is C15H16O4. The highest BCUT2D eigenvalue weighted by Crippen LogP contribution is 2.31. The van der Waals surface area contributed by atoms with E-state index in [0.717, 1.165) is 10.8 Å². The first-order chi connectivity index (χ1) is 9.19. The van der Waals surface area contributed by atoms with Crippen LogP contribution in [0.5, 0.6) is 11.5 Å². The quantitative estimate of drug-likeness (QED) is 0.793. The van der Waals surface area contributed by atoms with Gasteiger partial charge in [-0.2, -0.15) is 0 Å². The topological polar surface area (TPSA) is 44.8 Å². The Bertz CT molecular complexity index is 604. The maximum Gasteiger partial charge on any atom is 0.338 e. The molecule has 0 aliphatic carbocycles. The van der Waals surface area contributed by atoms with Gasteiger partial charge in [0.25, 0.3) is 0 Å². The fourth-order valence-electron chi connectivity index (χ4n) is 1.94. The lowest BCUT2D eigenvalue weighted by Crippen LogP contribution is -2.04. The molecule has 0 N–H and O–H groups in total. The maximum atomic E-state index is 11.7. The van der Waals surface area contributed by atoms with Gasteiger partial charge in [0.05, 0.1) is 26.4 Å². The molecule has 0 heterocycles. The lowest BCUT2D eigenvalue weighted by molar-refractivity contribution is 0.0526. The van der Waals surface area contributed by atoms with Gasteiger partial charge in [0.15, 0.2) is 0 Å². The van der Waals surface area contributed by atoms with Gasteiger partial charge in [-0.05, 0) is 36.6 Å². The van der Waals surface area contributed by atoms with Crippen LogP contribution in [-0.2, 0) is 4.74 Å². The molecule has 0 aromatic heterocycles. The summed E-state index contributed by atoms with van der Waals surface area (Å²) in [5.41, 5.74) is 0.518. The van der Waals surface area contributed by atoms with Crippen LogP contribution in [0.1, 0.15) is 17.3 Å². The minimum absolute atomic E-state index is 0.328. The van der Waals surface area contributed by atoms with E-state index >= 15 is 0 Å². The Morgan fingerprint density at radius 1 is 1.11 bits per heavy atom. The fraction of sp³-hybridized carbons (Fsp3) is 0.267. The third-order valence-corrected chi connectivity index (χ3v) is 2.85. The molecule has 0 bridgehead atoms. The predicted octanol–water partition coefficient (Wildman–Crippen LogP) is 3.03. The van der Waals surface area contributed by atoms with Crippen molar-refractivity contribution in [3.05, 3.63) is 35.9 Å². The number of hydrogen-bond acceptors (Lipinski definition) is 4. The minimum Gasteiger partial charge on any atom is -0.497 e. The van der Waals surface area contributed by atoms with Gasteiger partial charge in [-0.15, -0.1) is 0 Å². The molecule has 0 saturated heterocycles. The van der Waals surface area contributed by atoms with Gasteiger partial charge in [-0.3, -0.25) is 0 Å². The van der Waals surface area contributed by atoms with E-state index < -0.39 is 0 Å². The zero-order chi connectivity index (χ0) is 13.8. The Morgan fingerprint density at radius 2 is 1.89 bits per heavy atom. The van der Waals surface area contributed by atoms with Crippen molar-refractivity contribution in [3.8, 4) is 11.5 Å². The number of methoxy groups -OCH3 is 2. The van der Waals surface area contributed by atoms with Crippen molar-refractivity contribution >= 4 is 16.7 Å². The van der Waals surface area contributed by atoms with Crippen molar-refractivity contribution in [2.24, 2.45) is 0 Å². The van der Waals surface area contributed by atoms with E-state index in [1.54, 1.807) is 33.3 Å². The largest absolute Gasteiger partial charge is 0.497 e. The Labute approximate surface area is 111 Å². The number of ether oxygens (including phenoxy) is 3. The van der Waals surface area contributed by atoms with Crippen LogP contribution in [0.25, 0.3) is 10.8 Å². The summed E-state index contributed by atoms with van der Waals surface area (Å²) >= 11 is 0. The first kappa shape index (κ1) is 13.2. The van der Waals surface area contributed by atoms with Crippen molar-refractivity contribution in [1.82, 2.24) is 0 Å². The van der Waals surface area contributed by atoms with Gasteiger partial charge < -0.3 is 14.2 Å². The van der Waals surface area contributed by atoms with Crippen LogP contribution in [0, 0.1) is 0 Å². The third kappa shape index (κ3) is 2.62. The molecule has 2 rings (SSSR count). The molecule has 2 aromatic carbocycles. The SMILES string of the molecule is CCOC(=O)c1ccc2c(OC)cc(OC)cc2c1. The summed E-state index contributed by atoms with van der Waals surface area (Å²) < 4.78 is 15.5. The van der Waals surface area contributed by atoms with Crippen molar-refractivity contribution < 1.29 is 19.0 Å². The van der Waals surface area contributed by atoms with Gasteiger partial charge in [0, 0.05) is 11.5 Å². The third-order valence-electron chi connectivity index (χ3n) is 2.85. The van der Waals surface area contributed by atoms with Gasteiger partial charge in [0.2, 0.25) is 0 Å². The van der Waals surface area contributed by atoms with E-state index in [-0.39, 0.29) is 5.97 Å². The lowest BCUT2D eigenvalue weighted by atomic mass is 10.1. The number of fused-ring (bicyclic) bond motifs is 1. The average Bonchev–Trinajstić information content (AvgIpc) is 2.45. The van der Waals surface area contributed by atoms with Crippen LogP contribution in [0.4, 0.5) is 0 Å². The summed E-state index contributed by atoms with van der Waals surface area (Å²) in [4.78, 5) is 11.7. The van der Waals surface area contributed by atoms with Crippen LogP contribution in [-0.4, -0.2) is 26.8 Å². The van der Waals surface area contributed by atoms with Gasteiger partial charge in [0.1, 0.15) is 11.5 Å². The Morgan fingerprint density at radius 3 is 2.53 bits per heavy atom. The molecule has 0 radical (unpaired) electrons. The molecule has 0 spiro atoms. The van der Waals surface area contributed by atoms with E-state index in [1.807, 2.05) is 18.2 Å². The van der Waals surface area contributed by atoms with Crippen molar-refractivity contribution in [2.45, 2.75) is 6.92 Å². The summed E-state index contributed by atoms with van der Waals surface area (Å²) in [6.07, 6.45) is 0. The molecule has 4 heteroatoms. The summed E-state index contributed by atoms with van der Waals surface area (Å²) in [7, 11) is 3.20. The minimum atomic E-state index is -0.328. The number of esters is 1. The van der Waals surface area contributed by atoms with Gasteiger partial charge >= 0.3 is 5.97 Å². The second-order valence-electron chi connectivity index (χ2n) is 3.99. The molecule has 19 heavy (non-hydrogen) atoms.